The summed E-state index contributed by atoms with van der Waals surface area (Å²) in [5.74, 6) is 3.28. The Morgan fingerprint density at radius 1 is 1.23 bits per heavy atom. The lowest BCUT2D eigenvalue weighted by Gasteiger charge is -2.22. The number of carbonyl (C=O) groups is 1. The van der Waals surface area contributed by atoms with Crippen LogP contribution in [0.5, 0.6) is 11.5 Å². The van der Waals surface area contributed by atoms with Crippen molar-refractivity contribution >= 4 is 5.91 Å². The first-order valence-corrected chi connectivity index (χ1v) is 9.27. The number of carbonyl (C=O) groups excluding carboxylic acids is 1. The number of nitrogens with zero attached hydrogens (tertiary/aromatic N) is 1. The Bertz CT molecular complexity index is 782. The minimum atomic E-state index is 0.0806. The van der Waals surface area contributed by atoms with Crippen LogP contribution in [0.4, 0.5) is 0 Å². The van der Waals surface area contributed by atoms with Crippen LogP contribution in [0.3, 0.4) is 0 Å². The number of aromatic nitrogens is 1. The zero-order chi connectivity index (χ0) is 17.9. The fraction of sp³-hybridized carbons (Fsp3) is 0.500. The van der Waals surface area contributed by atoms with Crippen molar-refractivity contribution in [3.63, 3.8) is 0 Å². The normalized spacial score (nSPS) is 17.0. The number of rotatable bonds is 7. The van der Waals surface area contributed by atoms with Gasteiger partial charge in [-0.2, -0.15) is 0 Å². The second-order valence-corrected chi connectivity index (χ2v) is 7.08. The molecular formula is C20H24N2O4. The molecule has 2 aliphatic rings. The zero-order valence-corrected chi connectivity index (χ0v) is 15.0. The van der Waals surface area contributed by atoms with Gasteiger partial charge in [0.25, 0.3) is 0 Å². The van der Waals surface area contributed by atoms with E-state index in [4.69, 9.17) is 14.0 Å². The Hall–Kier alpha value is -2.50. The van der Waals surface area contributed by atoms with Gasteiger partial charge < -0.3 is 19.3 Å². The fourth-order valence-corrected chi connectivity index (χ4v) is 3.48. The van der Waals surface area contributed by atoms with Crippen LogP contribution in [-0.2, 0) is 11.2 Å². The highest BCUT2D eigenvalue weighted by atomic mass is 16.6. The summed E-state index contributed by atoms with van der Waals surface area (Å²) < 4.78 is 16.3. The molecule has 2 heterocycles. The Labute approximate surface area is 152 Å². The minimum absolute atomic E-state index is 0.0806. The third-order valence-corrected chi connectivity index (χ3v) is 4.97. The van der Waals surface area contributed by atoms with Crippen LogP contribution >= 0.6 is 0 Å². The predicted molar refractivity (Wildman–Crippen MR) is 95.5 cm³/mol. The second-order valence-electron chi connectivity index (χ2n) is 7.08. The van der Waals surface area contributed by atoms with Gasteiger partial charge in [-0.05, 0) is 49.3 Å². The van der Waals surface area contributed by atoms with Crippen molar-refractivity contribution in [2.45, 2.75) is 38.5 Å². The van der Waals surface area contributed by atoms with E-state index in [2.05, 4.69) is 16.5 Å². The maximum absolute atomic E-state index is 12.4. The smallest absolute Gasteiger partial charge is 0.220 e. The fourth-order valence-electron chi connectivity index (χ4n) is 3.48. The van der Waals surface area contributed by atoms with E-state index in [0.717, 1.165) is 23.0 Å². The van der Waals surface area contributed by atoms with Crippen LogP contribution in [0, 0.1) is 12.8 Å². The zero-order valence-electron chi connectivity index (χ0n) is 15.0. The van der Waals surface area contributed by atoms with Gasteiger partial charge in [0, 0.05) is 25.5 Å². The first-order valence-electron chi connectivity index (χ1n) is 9.27. The van der Waals surface area contributed by atoms with E-state index < -0.39 is 0 Å². The molecule has 6 heteroatoms. The first-order chi connectivity index (χ1) is 12.7. The number of benzene rings is 1. The lowest BCUT2D eigenvalue weighted by molar-refractivity contribution is -0.121. The summed E-state index contributed by atoms with van der Waals surface area (Å²) in [5.41, 5.74) is 2.03. The van der Waals surface area contributed by atoms with Crippen LogP contribution in [0.1, 0.15) is 42.2 Å². The van der Waals surface area contributed by atoms with E-state index >= 15 is 0 Å². The van der Waals surface area contributed by atoms with Crippen molar-refractivity contribution in [1.82, 2.24) is 10.5 Å². The average Bonchev–Trinajstić information content (AvgIpc) is 3.41. The van der Waals surface area contributed by atoms with Crippen LogP contribution in [0.2, 0.25) is 0 Å². The second kappa shape index (κ2) is 7.40. The van der Waals surface area contributed by atoms with E-state index in [1.807, 2.05) is 25.1 Å². The molecule has 26 heavy (non-hydrogen) atoms. The van der Waals surface area contributed by atoms with Gasteiger partial charge in [-0.25, -0.2) is 0 Å². The van der Waals surface area contributed by atoms with Crippen LogP contribution in [0.15, 0.2) is 28.8 Å². The van der Waals surface area contributed by atoms with Crippen molar-refractivity contribution in [2.75, 3.05) is 19.8 Å². The van der Waals surface area contributed by atoms with E-state index in [9.17, 15) is 4.79 Å². The molecule has 2 aromatic rings. The molecule has 138 valence electrons. The minimum Gasteiger partial charge on any atom is -0.486 e. The monoisotopic (exact) mass is 356 g/mol. The van der Waals surface area contributed by atoms with Crippen molar-refractivity contribution < 1.29 is 18.8 Å². The van der Waals surface area contributed by atoms with Crippen molar-refractivity contribution in [3.8, 4) is 11.5 Å². The Kier molecular flexibility index (Phi) is 4.82. The van der Waals surface area contributed by atoms with E-state index in [-0.39, 0.29) is 11.8 Å². The number of ether oxygens (including phenoxy) is 2. The van der Waals surface area contributed by atoms with Crippen LogP contribution in [0.25, 0.3) is 0 Å². The lowest BCUT2D eigenvalue weighted by Crippen LogP contribution is -2.27. The number of hydrogen-bond acceptors (Lipinski definition) is 5. The summed E-state index contributed by atoms with van der Waals surface area (Å²) in [7, 11) is 0. The van der Waals surface area contributed by atoms with Gasteiger partial charge in [0.05, 0.1) is 5.69 Å². The Morgan fingerprint density at radius 3 is 2.77 bits per heavy atom. The molecule has 1 amide bonds. The molecule has 0 spiro atoms. The summed E-state index contributed by atoms with van der Waals surface area (Å²) in [6.45, 7) is 3.60. The number of aryl methyl sites for hydroxylation is 1. The van der Waals surface area contributed by atoms with E-state index in [1.54, 1.807) is 0 Å². The summed E-state index contributed by atoms with van der Waals surface area (Å²) in [6, 6.07) is 7.98. The molecule has 1 saturated carbocycles. The highest BCUT2D eigenvalue weighted by Gasteiger charge is 2.34. The maximum atomic E-state index is 12.4. The maximum Gasteiger partial charge on any atom is 0.220 e. The van der Waals surface area contributed by atoms with Crippen molar-refractivity contribution in [1.29, 1.82) is 0 Å². The average molecular weight is 356 g/mol. The number of hydrogen-bond donors (Lipinski definition) is 1. The van der Waals surface area contributed by atoms with Gasteiger partial charge in [0.1, 0.15) is 19.0 Å². The molecule has 0 radical (unpaired) electrons. The molecule has 1 N–H and O–H groups in total. The van der Waals surface area contributed by atoms with Gasteiger partial charge in [-0.15, -0.1) is 0 Å². The topological polar surface area (TPSA) is 73.6 Å². The largest absolute Gasteiger partial charge is 0.486 e. The molecule has 1 aromatic heterocycles. The molecule has 1 aromatic carbocycles. The molecular weight excluding hydrogens is 332 g/mol. The highest BCUT2D eigenvalue weighted by molar-refractivity contribution is 5.77. The Morgan fingerprint density at radius 2 is 2.04 bits per heavy atom. The molecule has 1 fully saturated rings. The summed E-state index contributed by atoms with van der Waals surface area (Å²) in [6.07, 6.45) is 3.55. The Balaban J connectivity index is 1.35. The predicted octanol–water partition coefficient (Wildman–Crippen LogP) is 3.00. The van der Waals surface area contributed by atoms with Gasteiger partial charge in [0.15, 0.2) is 11.5 Å². The lowest BCUT2D eigenvalue weighted by atomic mass is 9.90. The summed E-state index contributed by atoms with van der Waals surface area (Å²) in [5, 5.41) is 6.96. The molecule has 1 aliphatic heterocycles. The third-order valence-electron chi connectivity index (χ3n) is 4.97. The van der Waals surface area contributed by atoms with Crippen LogP contribution < -0.4 is 14.8 Å². The molecule has 1 atom stereocenters. The third kappa shape index (κ3) is 4.00. The molecule has 0 saturated heterocycles. The molecule has 1 aliphatic carbocycles. The number of nitrogens with one attached hydrogen (secondary N) is 1. The standard InChI is InChI=1S/C20H24N2O4/c1-13-10-16(22-26-13)6-7-21-20(23)12-17(14-2-3-14)15-4-5-18-19(11-15)25-9-8-24-18/h4-5,10-11,14,17H,2-3,6-9,12H2,1H3,(H,21,23). The SMILES string of the molecule is Cc1cc(CCNC(=O)CC(c2ccc3c(c2)OCCO3)C2CC2)no1. The highest BCUT2D eigenvalue weighted by Crippen LogP contribution is 2.46. The molecule has 6 nitrogen and oxygen atoms in total. The molecule has 4 rings (SSSR count). The first kappa shape index (κ1) is 16.9. The quantitative estimate of drug-likeness (QED) is 0.825. The summed E-state index contributed by atoms with van der Waals surface area (Å²) in [4.78, 5) is 12.4. The van der Waals surface area contributed by atoms with Crippen molar-refractivity contribution in [3.05, 3.63) is 41.3 Å². The molecule has 0 bridgehead atoms. The summed E-state index contributed by atoms with van der Waals surface area (Å²) >= 11 is 0. The van der Waals surface area contributed by atoms with Gasteiger partial charge in [-0.1, -0.05) is 11.2 Å². The van der Waals surface area contributed by atoms with E-state index in [1.165, 1.54) is 18.4 Å². The van der Waals surface area contributed by atoms with Crippen molar-refractivity contribution in [2.24, 2.45) is 5.92 Å². The van der Waals surface area contributed by atoms with Crippen LogP contribution in [-0.4, -0.2) is 30.8 Å². The van der Waals surface area contributed by atoms with E-state index in [0.29, 0.717) is 38.5 Å². The van der Waals surface area contributed by atoms with Gasteiger partial charge >= 0.3 is 0 Å². The number of fused-ring (bicyclic) bond motifs is 1. The number of amides is 1. The molecule has 1 unspecified atom stereocenters. The van der Waals surface area contributed by atoms with Gasteiger partial charge in [0.2, 0.25) is 5.91 Å². The van der Waals surface area contributed by atoms with Gasteiger partial charge in [-0.3, -0.25) is 4.79 Å².